The van der Waals surface area contributed by atoms with E-state index in [1.807, 2.05) is 6.92 Å². The maximum atomic E-state index is 12.1. The summed E-state index contributed by atoms with van der Waals surface area (Å²) in [7, 11) is 4.13. The molecule has 3 saturated carbocycles. The highest BCUT2D eigenvalue weighted by molar-refractivity contribution is 5.50. The van der Waals surface area contributed by atoms with Crippen molar-refractivity contribution < 1.29 is 19.7 Å². The zero-order valence-electron chi connectivity index (χ0n) is 22.3. The standard InChI is InChI=1S/C31H41NO4/c1-5-13-30(34)15-11-25-23-10-14-29(33)20-31(35-17-18-36-31)16-12-26(29)27(23)24(19-28(25,30)2)21-6-8-22(9-7-21)32(3)4/h6-9,23-25,33-34H,10-12,14-20H2,1-4H3/t23-,24-,25-,28-,29-,30-/m0/s1. The number of allylic oxidation sites excluding steroid dienone is 1. The van der Waals surface area contributed by atoms with Gasteiger partial charge in [-0.25, -0.2) is 0 Å². The van der Waals surface area contributed by atoms with E-state index in [1.54, 1.807) is 0 Å². The van der Waals surface area contributed by atoms with E-state index in [1.165, 1.54) is 22.4 Å². The third kappa shape index (κ3) is 3.45. The molecule has 194 valence electrons. The molecule has 6 atom stereocenters. The van der Waals surface area contributed by atoms with Crippen LogP contribution in [0.5, 0.6) is 0 Å². The van der Waals surface area contributed by atoms with Gasteiger partial charge in [0.25, 0.3) is 0 Å². The molecule has 1 aromatic carbocycles. The number of fused-ring (bicyclic) bond motifs is 4. The summed E-state index contributed by atoms with van der Waals surface area (Å²) in [6.45, 7) is 5.36. The molecule has 2 N–H and O–H groups in total. The van der Waals surface area contributed by atoms with E-state index in [9.17, 15) is 10.2 Å². The molecule has 5 nitrogen and oxygen atoms in total. The molecule has 0 unspecified atom stereocenters. The summed E-state index contributed by atoms with van der Waals surface area (Å²) in [6, 6.07) is 8.91. The van der Waals surface area contributed by atoms with Gasteiger partial charge in [-0.15, -0.1) is 5.92 Å². The maximum Gasteiger partial charge on any atom is 0.171 e. The monoisotopic (exact) mass is 491 g/mol. The van der Waals surface area contributed by atoms with Crippen LogP contribution in [-0.4, -0.2) is 54.5 Å². The summed E-state index contributed by atoms with van der Waals surface area (Å²) in [5.41, 5.74) is 3.04. The number of hydrogen-bond donors (Lipinski definition) is 2. The first-order valence-corrected chi connectivity index (χ1v) is 13.8. The lowest BCUT2D eigenvalue weighted by Crippen LogP contribution is -2.55. The number of rotatable bonds is 2. The van der Waals surface area contributed by atoms with Gasteiger partial charge in [0.1, 0.15) is 5.60 Å². The molecule has 1 aliphatic heterocycles. The van der Waals surface area contributed by atoms with Crippen LogP contribution in [-0.2, 0) is 9.47 Å². The fourth-order valence-electron chi connectivity index (χ4n) is 8.73. The fourth-order valence-corrected chi connectivity index (χ4v) is 8.73. The highest BCUT2D eigenvalue weighted by Gasteiger charge is 2.64. The Kier molecular flexibility index (Phi) is 5.67. The van der Waals surface area contributed by atoms with Gasteiger partial charge in [0.05, 0.1) is 18.8 Å². The topological polar surface area (TPSA) is 62.2 Å². The minimum atomic E-state index is -0.958. The Balaban J connectivity index is 1.48. The van der Waals surface area contributed by atoms with Gasteiger partial charge in [-0.3, -0.25) is 0 Å². The van der Waals surface area contributed by atoms with Crippen molar-refractivity contribution in [3.63, 3.8) is 0 Å². The Morgan fingerprint density at radius 1 is 1.00 bits per heavy atom. The van der Waals surface area contributed by atoms with Crippen LogP contribution < -0.4 is 4.90 Å². The molecule has 1 spiro atoms. The Bertz CT molecular complexity index is 1120. The number of hydrogen-bond acceptors (Lipinski definition) is 5. The first-order valence-electron chi connectivity index (χ1n) is 13.8. The van der Waals surface area contributed by atoms with Crippen LogP contribution in [0.25, 0.3) is 0 Å². The zero-order valence-corrected chi connectivity index (χ0v) is 22.3. The van der Waals surface area contributed by atoms with Crippen molar-refractivity contribution in [1.82, 2.24) is 0 Å². The highest BCUT2D eigenvalue weighted by atomic mass is 16.7. The maximum absolute atomic E-state index is 12.1. The second kappa shape index (κ2) is 8.33. The third-order valence-electron chi connectivity index (χ3n) is 10.5. The summed E-state index contributed by atoms with van der Waals surface area (Å²) in [6.07, 6.45) is 6.41. The molecule has 4 fully saturated rings. The molecule has 0 radical (unpaired) electrons. The predicted molar refractivity (Wildman–Crippen MR) is 141 cm³/mol. The molecule has 0 amide bonds. The lowest BCUT2D eigenvalue weighted by molar-refractivity contribution is -0.208. The predicted octanol–water partition coefficient (Wildman–Crippen LogP) is 4.78. The van der Waals surface area contributed by atoms with Crippen LogP contribution in [0.15, 0.2) is 35.4 Å². The molecular weight excluding hydrogens is 450 g/mol. The van der Waals surface area contributed by atoms with Crippen molar-refractivity contribution in [2.75, 3.05) is 32.2 Å². The van der Waals surface area contributed by atoms with E-state index in [-0.39, 0.29) is 11.3 Å². The van der Waals surface area contributed by atoms with Gasteiger partial charge < -0.3 is 24.6 Å². The first kappa shape index (κ1) is 24.5. The first-order chi connectivity index (χ1) is 17.1. The van der Waals surface area contributed by atoms with Crippen molar-refractivity contribution in [2.45, 2.75) is 88.1 Å². The van der Waals surface area contributed by atoms with E-state index >= 15 is 0 Å². The van der Waals surface area contributed by atoms with Crippen molar-refractivity contribution in [2.24, 2.45) is 17.3 Å². The lowest BCUT2D eigenvalue weighted by atomic mass is 9.49. The van der Waals surface area contributed by atoms with E-state index in [0.29, 0.717) is 31.5 Å². The normalized spacial score (nSPS) is 40.8. The molecule has 0 bridgehead atoms. The second-order valence-corrected chi connectivity index (χ2v) is 12.4. The van der Waals surface area contributed by atoms with Crippen LogP contribution in [0.1, 0.15) is 76.7 Å². The average molecular weight is 492 g/mol. The van der Waals surface area contributed by atoms with Gasteiger partial charge in [0.15, 0.2) is 5.79 Å². The summed E-state index contributed by atoms with van der Waals surface area (Å²) in [4.78, 5) is 2.13. The van der Waals surface area contributed by atoms with Crippen LogP contribution in [0.4, 0.5) is 5.69 Å². The highest BCUT2D eigenvalue weighted by Crippen LogP contribution is 2.67. The van der Waals surface area contributed by atoms with E-state index in [4.69, 9.17) is 9.47 Å². The van der Waals surface area contributed by atoms with Crippen molar-refractivity contribution >= 4 is 5.69 Å². The Labute approximate surface area is 215 Å². The van der Waals surface area contributed by atoms with Crippen LogP contribution in [0.2, 0.25) is 0 Å². The largest absolute Gasteiger partial charge is 0.385 e. The molecule has 36 heavy (non-hydrogen) atoms. The minimum Gasteiger partial charge on any atom is -0.385 e. The van der Waals surface area contributed by atoms with Crippen LogP contribution >= 0.6 is 0 Å². The van der Waals surface area contributed by atoms with Crippen molar-refractivity contribution in [3.05, 3.63) is 41.0 Å². The van der Waals surface area contributed by atoms with Gasteiger partial charge >= 0.3 is 0 Å². The third-order valence-corrected chi connectivity index (χ3v) is 10.5. The summed E-state index contributed by atoms with van der Waals surface area (Å²) in [5.74, 6) is 6.58. The molecule has 1 heterocycles. The van der Waals surface area contributed by atoms with Gasteiger partial charge in [0, 0.05) is 44.0 Å². The van der Waals surface area contributed by atoms with Gasteiger partial charge in [-0.1, -0.05) is 30.6 Å². The van der Waals surface area contributed by atoms with Crippen molar-refractivity contribution in [3.8, 4) is 11.8 Å². The molecule has 6 rings (SSSR count). The second-order valence-electron chi connectivity index (χ2n) is 12.4. The molecular formula is C31H41NO4. The molecule has 1 saturated heterocycles. The molecule has 5 heteroatoms. The van der Waals surface area contributed by atoms with E-state index < -0.39 is 17.0 Å². The summed E-state index contributed by atoms with van der Waals surface area (Å²) in [5, 5.41) is 24.0. The average Bonchev–Trinajstić information content (AvgIpc) is 3.40. The number of aliphatic hydroxyl groups is 2. The number of benzene rings is 1. The molecule has 0 aromatic heterocycles. The number of anilines is 1. The molecule has 5 aliphatic rings. The Hall–Kier alpha value is -1.84. The summed E-state index contributed by atoms with van der Waals surface area (Å²) >= 11 is 0. The van der Waals surface area contributed by atoms with Crippen LogP contribution in [0.3, 0.4) is 0 Å². The van der Waals surface area contributed by atoms with Crippen molar-refractivity contribution in [1.29, 1.82) is 0 Å². The van der Waals surface area contributed by atoms with E-state index in [2.05, 4.69) is 62.0 Å². The smallest absolute Gasteiger partial charge is 0.171 e. The lowest BCUT2D eigenvalue weighted by Gasteiger charge is -2.57. The van der Waals surface area contributed by atoms with Crippen LogP contribution in [0, 0.1) is 29.1 Å². The Morgan fingerprint density at radius 3 is 2.39 bits per heavy atom. The summed E-state index contributed by atoms with van der Waals surface area (Å²) < 4.78 is 12.1. The molecule has 1 aromatic rings. The van der Waals surface area contributed by atoms with Gasteiger partial charge in [-0.05, 0) is 80.6 Å². The SMILES string of the molecule is CC#C[C@]1(O)CC[C@H]2[C@@H]3CC[C@]4(O)CC5(CCC4=C3[C@H](c3ccc(N(C)C)cc3)C[C@@]21C)OCCO5. The number of nitrogens with zero attached hydrogens (tertiary/aromatic N) is 1. The number of ether oxygens (including phenoxy) is 2. The van der Waals surface area contributed by atoms with Gasteiger partial charge in [0.2, 0.25) is 0 Å². The minimum absolute atomic E-state index is 0.164. The molecule has 4 aliphatic carbocycles. The van der Waals surface area contributed by atoms with Gasteiger partial charge in [-0.2, -0.15) is 0 Å². The fraction of sp³-hybridized carbons (Fsp3) is 0.677. The quantitative estimate of drug-likeness (QED) is 0.461. The Morgan fingerprint density at radius 2 is 1.72 bits per heavy atom. The zero-order chi connectivity index (χ0) is 25.3. The van der Waals surface area contributed by atoms with E-state index in [0.717, 1.165) is 44.9 Å².